The molecule has 0 bridgehead atoms. The highest BCUT2D eigenvalue weighted by molar-refractivity contribution is 5.89. The van der Waals surface area contributed by atoms with Crippen molar-refractivity contribution in [2.24, 2.45) is 0 Å². The maximum absolute atomic E-state index is 10.8. The number of carboxylic acid groups (broad SMARTS) is 1. The van der Waals surface area contributed by atoms with Gasteiger partial charge < -0.3 is 9.84 Å². The van der Waals surface area contributed by atoms with E-state index in [1.807, 2.05) is 6.07 Å². The van der Waals surface area contributed by atoms with Crippen LogP contribution < -0.4 is 0 Å². The monoisotopic (exact) mass is 210 g/mol. The average molecular weight is 210 g/mol. The fraction of sp³-hybridized carbons (Fsp3) is 0.273. The summed E-state index contributed by atoms with van der Waals surface area (Å²) >= 11 is 0. The van der Waals surface area contributed by atoms with Crippen LogP contribution in [0.15, 0.2) is 30.3 Å². The van der Waals surface area contributed by atoms with Gasteiger partial charge in [0.05, 0.1) is 12.7 Å². The van der Waals surface area contributed by atoms with Gasteiger partial charge in [-0.25, -0.2) is 4.79 Å². The fourth-order valence-corrected chi connectivity index (χ4v) is 0.692. The molecular weight excluding hydrogens is 196 g/mol. The first-order valence-electron chi connectivity index (χ1n) is 4.47. The van der Waals surface area contributed by atoms with Gasteiger partial charge in [0.25, 0.3) is 0 Å². The molecule has 0 aliphatic heterocycles. The lowest BCUT2D eigenvalue weighted by Crippen LogP contribution is -1.99. The third-order valence-corrected chi connectivity index (χ3v) is 1.50. The van der Waals surface area contributed by atoms with Crippen LogP contribution in [0.2, 0.25) is 0 Å². The molecule has 0 heterocycles. The predicted octanol–water partition coefficient (Wildman–Crippen LogP) is 1.95. The molecule has 1 N–H and O–H groups in total. The van der Waals surface area contributed by atoms with Crippen molar-refractivity contribution in [2.75, 3.05) is 7.11 Å². The summed E-state index contributed by atoms with van der Waals surface area (Å²) in [5.41, 5.74) is 0.588. The Balaban J connectivity index is 0.000000336. The lowest BCUT2D eigenvalue weighted by Gasteiger charge is -1.95. The van der Waals surface area contributed by atoms with Gasteiger partial charge in [-0.3, -0.25) is 4.79 Å². The number of ether oxygens (including phenoxy) is 1. The minimum Gasteiger partial charge on any atom is -0.481 e. The van der Waals surface area contributed by atoms with Gasteiger partial charge in [0, 0.05) is 6.42 Å². The van der Waals surface area contributed by atoms with Crippen LogP contribution in [-0.4, -0.2) is 24.2 Å². The summed E-state index contributed by atoms with van der Waals surface area (Å²) in [7, 11) is 1.37. The molecular formula is C11H14O4. The Bertz CT molecular complexity index is 306. The standard InChI is InChI=1S/C8H8O2.C3H6O2/c1-10-8(9)7-5-3-2-4-6-7;1-2-3(4)5/h2-6H,1H3;2H2,1H3,(H,4,5). The third-order valence-electron chi connectivity index (χ3n) is 1.50. The minimum absolute atomic E-state index is 0.222. The predicted molar refractivity (Wildman–Crippen MR) is 55.7 cm³/mol. The lowest BCUT2D eigenvalue weighted by molar-refractivity contribution is -0.136. The number of hydrogen-bond donors (Lipinski definition) is 1. The summed E-state index contributed by atoms with van der Waals surface area (Å²) in [5.74, 6) is -1.04. The summed E-state index contributed by atoms with van der Waals surface area (Å²) in [5, 5.41) is 7.72. The van der Waals surface area contributed by atoms with Crippen molar-refractivity contribution in [3.63, 3.8) is 0 Å². The number of hydrogen-bond acceptors (Lipinski definition) is 3. The molecule has 0 saturated carbocycles. The summed E-state index contributed by atoms with van der Waals surface area (Å²) < 4.78 is 4.50. The Kier molecular flexibility index (Phi) is 6.63. The van der Waals surface area contributed by atoms with Crippen LogP contribution in [0, 0.1) is 0 Å². The van der Waals surface area contributed by atoms with Crippen molar-refractivity contribution in [2.45, 2.75) is 13.3 Å². The molecule has 82 valence electrons. The molecule has 1 rings (SSSR count). The smallest absolute Gasteiger partial charge is 0.337 e. The minimum atomic E-state index is -0.745. The van der Waals surface area contributed by atoms with Crippen LogP contribution in [0.1, 0.15) is 23.7 Å². The van der Waals surface area contributed by atoms with Crippen molar-refractivity contribution >= 4 is 11.9 Å². The SMILES string of the molecule is CCC(=O)O.COC(=O)c1ccccc1. The zero-order valence-electron chi connectivity index (χ0n) is 8.77. The Morgan fingerprint density at radius 1 is 1.27 bits per heavy atom. The van der Waals surface area contributed by atoms with E-state index in [1.54, 1.807) is 31.2 Å². The van der Waals surface area contributed by atoms with Crippen LogP contribution in [0.25, 0.3) is 0 Å². The molecule has 0 aliphatic carbocycles. The Labute approximate surface area is 88.5 Å². The topological polar surface area (TPSA) is 63.6 Å². The highest BCUT2D eigenvalue weighted by atomic mass is 16.5. The molecule has 0 aliphatic rings. The van der Waals surface area contributed by atoms with E-state index in [2.05, 4.69) is 4.74 Å². The largest absolute Gasteiger partial charge is 0.481 e. The summed E-state index contributed by atoms with van der Waals surface area (Å²) in [6.45, 7) is 1.60. The second-order valence-corrected chi connectivity index (χ2v) is 2.60. The van der Waals surface area contributed by atoms with Gasteiger partial charge in [-0.15, -0.1) is 0 Å². The van der Waals surface area contributed by atoms with Crippen molar-refractivity contribution in [3.8, 4) is 0 Å². The van der Waals surface area contributed by atoms with Gasteiger partial charge in [-0.05, 0) is 12.1 Å². The van der Waals surface area contributed by atoms with E-state index in [4.69, 9.17) is 5.11 Å². The second kappa shape index (κ2) is 7.55. The molecule has 4 heteroatoms. The van der Waals surface area contributed by atoms with Gasteiger partial charge in [-0.2, -0.15) is 0 Å². The molecule has 0 atom stereocenters. The van der Waals surface area contributed by atoms with Crippen LogP contribution >= 0.6 is 0 Å². The van der Waals surface area contributed by atoms with E-state index in [9.17, 15) is 9.59 Å². The number of rotatable bonds is 2. The van der Waals surface area contributed by atoms with Gasteiger partial charge >= 0.3 is 11.9 Å². The Hall–Kier alpha value is -1.84. The summed E-state index contributed by atoms with van der Waals surface area (Å²) in [6, 6.07) is 8.88. The number of methoxy groups -OCH3 is 1. The van der Waals surface area contributed by atoms with E-state index in [-0.39, 0.29) is 12.4 Å². The molecule has 0 spiro atoms. The first-order chi connectivity index (χ1) is 7.11. The fourth-order valence-electron chi connectivity index (χ4n) is 0.692. The highest BCUT2D eigenvalue weighted by Gasteiger charge is 2.00. The Morgan fingerprint density at radius 3 is 2.07 bits per heavy atom. The molecule has 0 aromatic heterocycles. The normalized spacial score (nSPS) is 8.40. The number of aliphatic carboxylic acids is 1. The molecule has 15 heavy (non-hydrogen) atoms. The van der Waals surface area contributed by atoms with Crippen LogP contribution in [0.5, 0.6) is 0 Å². The molecule has 1 aromatic carbocycles. The van der Waals surface area contributed by atoms with Gasteiger partial charge in [0.1, 0.15) is 0 Å². The van der Waals surface area contributed by atoms with Gasteiger partial charge in [0.2, 0.25) is 0 Å². The molecule has 1 aromatic rings. The second-order valence-electron chi connectivity index (χ2n) is 2.60. The number of carboxylic acids is 1. The molecule has 0 unspecified atom stereocenters. The third kappa shape index (κ3) is 6.26. The number of carbonyl (C=O) groups excluding carboxylic acids is 1. The van der Waals surface area contributed by atoms with Crippen LogP contribution in [-0.2, 0) is 9.53 Å². The summed E-state index contributed by atoms with van der Waals surface area (Å²) in [6.07, 6.45) is 0.222. The molecule has 0 saturated heterocycles. The Morgan fingerprint density at radius 2 is 1.73 bits per heavy atom. The zero-order valence-corrected chi connectivity index (χ0v) is 8.77. The van der Waals surface area contributed by atoms with Crippen LogP contribution in [0.3, 0.4) is 0 Å². The summed E-state index contributed by atoms with van der Waals surface area (Å²) in [4.78, 5) is 20.2. The first kappa shape index (κ1) is 13.2. The quantitative estimate of drug-likeness (QED) is 0.758. The molecule has 0 fully saturated rings. The number of benzene rings is 1. The van der Waals surface area contributed by atoms with Crippen molar-refractivity contribution in [3.05, 3.63) is 35.9 Å². The van der Waals surface area contributed by atoms with E-state index >= 15 is 0 Å². The van der Waals surface area contributed by atoms with Crippen LogP contribution in [0.4, 0.5) is 0 Å². The number of esters is 1. The van der Waals surface area contributed by atoms with E-state index < -0.39 is 5.97 Å². The van der Waals surface area contributed by atoms with E-state index in [1.165, 1.54) is 7.11 Å². The zero-order chi connectivity index (χ0) is 11.7. The molecule has 4 nitrogen and oxygen atoms in total. The number of carbonyl (C=O) groups is 2. The first-order valence-corrected chi connectivity index (χ1v) is 4.47. The van der Waals surface area contributed by atoms with Crippen molar-refractivity contribution in [1.82, 2.24) is 0 Å². The van der Waals surface area contributed by atoms with Gasteiger partial charge in [0.15, 0.2) is 0 Å². The average Bonchev–Trinajstić information content (AvgIpc) is 2.30. The lowest BCUT2D eigenvalue weighted by atomic mass is 10.2. The molecule has 0 radical (unpaired) electrons. The van der Waals surface area contributed by atoms with Crippen molar-refractivity contribution < 1.29 is 19.4 Å². The van der Waals surface area contributed by atoms with Gasteiger partial charge in [-0.1, -0.05) is 25.1 Å². The van der Waals surface area contributed by atoms with Crippen molar-refractivity contribution in [1.29, 1.82) is 0 Å². The maximum atomic E-state index is 10.8. The van der Waals surface area contributed by atoms with E-state index in [0.717, 1.165) is 0 Å². The highest BCUT2D eigenvalue weighted by Crippen LogP contribution is 1.98. The maximum Gasteiger partial charge on any atom is 0.337 e. The van der Waals surface area contributed by atoms with E-state index in [0.29, 0.717) is 5.56 Å². The molecule has 0 amide bonds.